The minimum Gasteiger partial charge on any atom is -0.357 e. The average Bonchev–Trinajstić information content (AvgIpc) is 2.35. The number of hydrogen-bond acceptors (Lipinski definition) is 3. The average molecular weight is 439 g/mol. The van der Waals surface area contributed by atoms with Crippen LogP contribution in [0.25, 0.3) is 0 Å². The van der Waals surface area contributed by atoms with Crippen LogP contribution in [0.5, 0.6) is 0 Å². The lowest BCUT2D eigenvalue weighted by atomic mass is 10.1. The fourth-order valence-corrected chi connectivity index (χ4v) is 2.61. The van der Waals surface area contributed by atoms with Crippen LogP contribution in [0.2, 0.25) is 0 Å². The van der Waals surface area contributed by atoms with Crippen molar-refractivity contribution in [2.45, 2.75) is 39.1 Å². The molecule has 0 radical (unpaired) electrons. The van der Waals surface area contributed by atoms with Crippen LogP contribution in [0, 0.1) is 0 Å². The van der Waals surface area contributed by atoms with Crippen LogP contribution in [0.3, 0.4) is 0 Å². The highest BCUT2D eigenvalue weighted by molar-refractivity contribution is 14.0. The highest BCUT2D eigenvalue weighted by atomic mass is 127. The van der Waals surface area contributed by atoms with Crippen molar-refractivity contribution in [1.29, 1.82) is 0 Å². The third-order valence-corrected chi connectivity index (χ3v) is 3.50. The smallest absolute Gasteiger partial charge is 0.191 e. The molecule has 0 unspecified atom stereocenters. The van der Waals surface area contributed by atoms with E-state index in [9.17, 15) is 8.42 Å². The third kappa shape index (κ3) is 9.24. The normalized spacial score (nSPS) is 12.0. The molecular formula is C15H26IN3O2S. The highest BCUT2D eigenvalue weighted by Crippen LogP contribution is 2.08. The van der Waals surface area contributed by atoms with Crippen molar-refractivity contribution >= 4 is 39.8 Å². The zero-order chi connectivity index (χ0) is 15.9. The Balaban J connectivity index is 0.00000441. The van der Waals surface area contributed by atoms with Crippen molar-refractivity contribution in [3.05, 3.63) is 35.4 Å². The summed E-state index contributed by atoms with van der Waals surface area (Å²) in [6.45, 7) is 7.52. The molecule has 0 heterocycles. The summed E-state index contributed by atoms with van der Waals surface area (Å²) < 4.78 is 22.5. The summed E-state index contributed by atoms with van der Waals surface area (Å²) in [6.07, 6.45) is 1.24. The molecule has 1 aromatic carbocycles. The zero-order valence-electron chi connectivity index (χ0n) is 13.6. The van der Waals surface area contributed by atoms with Gasteiger partial charge in [-0.05, 0) is 31.9 Å². The summed E-state index contributed by atoms with van der Waals surface area (Å²) in [4.78, 5) is 4.50. The van der Waals surface area contributed by atoms with Crippen LogP contribution >= 0.6 is 24.0 Å². The lowest BCUT2D eigenvalue weighted by Gasteiger charge is -2.13. The molecule has 0 aliphatic carbocycles. The van der Waals surface area contributed by atoms with Gasteiger partial charge in [-0.3, -0.25) is 0 Å². The first-order valence-corrected chi connectivity index (χ1v) is 9.16. The molecule has 5 nitrogen and oxygen atoms in total. The predicted molar refractivity (Wildman–Crippen MR) is 103 cm³/mol. The van der Waals surface area contributed by atoms with Gasteiger partial charge in [-0.25, -0.2) is 13.4 Å². The Morgan fingerprint density at radius 2 is 1.73 bits per heavy atom. The summed E-state index contributed by atoms with van der Waals surface area (Å²) in [5.74, 6) is 0.862. The lowest BCUT2D eigenvalue weighted by molar-refractivity contribution is 0.601. The van der Waals surface area contributed by atoms with Crippen LogP contribution in [-0.4, -0.2) is 33.2 Å². The van der Waals surface area contributed by atoms with Gasteiger partial charge in [-0.1, -0.05) is 24.3 Å². The van der Waals surface area contributed by atoms with E-state index in [0.717, 1.165) is 23.6 Å². The van der Waals surface area contributed by atoms with Crippen molar-refractivity contribution in [2.24, 2.45) is 4.99 Å². The van der Waals surface area contributed by atoms with E-state index in [2.05, 4.69) is 29.5 Å². The van der Waals surface area contributed by atoms with E-state index in [-0.39, 0.29) is 29.7 Å². The molecule has 0 saturated heterocycles. The lowest BCUT2D eigenvalue weighted by Crippen LogP contribution is -2.40. The van der Waals surface area contributed by atoms with Gasteiger partial charge in [0.1, 0.15) is 0 Å². The van der Waals surface area contributed by atoms with Gasteiger partial charge in [-0.15, -0.1) is 24.0 Å². The number of benzene rings is 1. The maximum Gasteiger partial charge on any atom is 0.191 e. The quantitative estimate of drug-likeness (QED) is 0.406. The van der Waals surface area contributed by atoms with Gasteiger partial charge in [-0.2, -0.15) is 0 Å². The number of nitrogens with zero attached hydrogens (tertiary/aromatic N) is 1. The highest BCUT2D eigenvalue weighted by Gasteiger charge is 2.04. The van der Waals surface area contributed by atoms with Crippen molar-refractivity contribution in [3.8, 4) is 0 Å². The summed E-state index contributed by atoms with van der Waals surface area (Å²) in [5.41, 5.74) is 1.85. The Morgan fingerprint density at radius 3 is 2.18 bits per heavy atom. The molecule has 0 aromatic heterocycles. The molecule has 0 aliphatic rings. The number of sulfone groups is 1. The maximum absolute atomic E-state index is 11.2. The number of rotatable bonds is 6. The van der Waals surface area contributed by atoms with Gasteiger partial charge >= 0.3 is 0 Å². The fraction of sp³-hybridized carbons (Fsp3) is 0.533. The summed E-state index contributed by atoms with van der Waals surface area (Å²) in [6, 6.07) is 7.84. The largest absolute Gasteiger partial charge is 0.357 e. The van der Waals surface area contributed by atoms with Gasteiger partial charge < -0.3 is 10.6 Å². The molecule has 0 atom stereocenters. The first kappa shape index (κ1) is 21.2. The summed E-state index contributed by atoms with van der Waals surface area (Å²) in [7, 11) is -2.98. The molecule has 126 valence electrons. The molecule has 0 bridgehead atoms. The van der Waals surface area contributed by atoms with E-state index >= 15 is 0 Å². The Bertz CT molecular complexity index is 569. The molecule has 0 fully saturated rings. The summed E-state index contributed by atoms with van der Waals surface area (Å²) >= 11 is 0. The second-order valence-corrected chi connectivity index (χ2v) is 7.52. The third-order valence-electron chi connectivity index (χ3n) is 2.64. The van der Waals surface area contributed by atoms with Gasteiger partial charge in [0.15, 0.2) is 15.8 Å². The molecule has 0 spiro atoms. The monoisotopic (exact) mass is 439 g/mol. The number of guanidine groups is 1. The number of aliphatic imine (C=N–C) groups is 1. The molecular weight excluding hydrogens is 413 g/mol. The standard InChI is InChI=1S/C15H25N3O2S.HI/c1-5-16-15(18-12(2)3)17-10-13-6-8-14(9-7-13)11-21(4,19)20;/h6-9,12H,5,10-11H2,1-4H3,(H2,16,17,18);1H. The van der Waals surface area contributed by atoms with Crippen molar-refractivity contribution in [2.75, 3.05) is 12.8 Å². The molecule has 1 rings (SSSR count). The number of halogens is 1. The number of nitrogens with one attached hydrogen (secondary N) is 2. The molecule has 0 aliphatic heterocycles. The van der Waals surface area contributed by atoms with Crippen LogP contribution in [0.4, 0.5) is 0 Å². The molecule has 2 N–H and O–H groups in total. The second kappa shape index (κ2) is 10.0. The van der Waals surface area contributed by atoms with Crippen LogP contribution < -0.4 is 10.6 Å². The minimum atomic E-state index is -2.98. The SMILES string of the molecule is CCNC(=NCc1ccc(CS(C)(=O)=O)cc1)NC(C)C.I. The Morgan fingerprint density at radius 1 is 1.18 bits per heavy atom. The molecule has 22 heavy (non-hydrogen) atoms. The molecule has 7 heteroatoms. The fourth-order valence-electron chi connectivity index (χ4n) is 1.81. The first-order chi connectivity index (χ1) is 9.80. The topological polar surface area (TPSA) is 70.6 Å². The van der Waals surface area contributed by atoms with Crippen molar-refractivity contribution in [1.82, 2.24) is 10.6 Å². The van der Waals surface area contributed by atoms with Crippen LogP contribution in [-0.2, 0) is 22.1 Å². The van der Waals surface area contributed by atoms with Crippen molar-refractivity contribution in [3.63, 3.8) is 0 Å². The second-order valence-electron chi connectivity index (χ2n) is 5.38. The molecule has 0 amide bonds. The Hall–Kier alpha value is -0.830. The van der Waals surface area contributed by atoms with E-state index < -0.39 is 9.84 Å². The van der Waals surface area contributed by atoms with E-state index in [1.165, 1.54) is 6.26 Å². The van der Waals surface area contributed by atoms with Gasteiger partial charge in [0.2, 0.25) is 0 Å². The molecule has 1 aromatic rings. The van der Waals surface area contributed by atoms with E-state index in [1.807, 2.05) is 31.2 Å². The maximum atomic E-state index is 11.2. The van der Waals surface area contributed by atoms with Crippen LogP contribution in [0.1, 0.15) is 31.9 Å². The van der Waals surface area contributed by atoms with E-state index in [4.69, 9.17) is 0 Å². The van der Waals surface area contributed by atoms with E-state index in [0.29, 0.717) is 12.6 Å². The predicted octanol–water partition coefficient (Wildman–Crippen LogP) is 2.31. The van der Waals surface area contributed by atoms with E-state index in [1.54, 1.807) is 0 Å². The minimum absolute atomic E-state index is 0. The van der Waals surface area contributed by atoms with Gasteiger partial charge in [0, 0.05) is 18.8 Å². The number of hydrogen-bond donors (Lipinski definition) is 2. The van der Waals surface area contributed by atoms with Crippen LogP contribution in [0.15, 0.2) is 29.3 Å². The Labute approximate surface area is 150 Å². The van der Waals surface area contributed by atoms with Gasteiger partial charge in [0.05, 0.1) is 12.3 Å². The Kier molecular flexibility index (Phi) is 9.66. The zero-order valence-corrected chi connectivity index (χ0v) is 16.7. The molecule has 0 saturated carbocycles. The summed E-state index contributed by atoms with van der Waals surface area (Å²) in [5, 5.41) is 6.44. The first-order valence-electron chi connectivity index (χ1n) is 7.10. The van der Waals surface area contributed by atoms with Gasteiger partial charge in [0.25, 0.3) is 0 Å². The van der Waals surface area contributed by atoms with Crippen molar-refractivity contribution < 1.29 is 8.42 Å².